The highest BCUT2D eigenvalue weighted by Gasteiger charge is 2.25. The number of piperazine rings is 1. The molecule has 1 aromatic carbocycles. The largest absolute Gasteiger partial charge is 0.338 e. The zero-order valence-corrected chi connectivity index (χ0v) is 15.5. The third-order valence-electron chi connectivity index (χ3n) is 3.34. The number of hydrogen-bond acceptors (Lipinski definition) is 2. The van der Waals surface area contributed by atoms with Crippen LogP contribution < -0.4 is 5.32 Å². The zero-order valence-electron chi connectivity index (χ0n) is 11.7. The van der Waals surface area contributed by atoms with Crippen LogP contribution in [0, 0.1) is 3.57 Å². The summed E-state index contributed by atoms with van der Waals surface area (Å²) < 4.78 is 1.83. The van der Waals surface area contributed by atoms with Gasteiger partial charge in [0.15, 0.2) is 0 Å². The Kier molecular flexibility index (Phi) is 5.86. The van der Waals surface area contributed by atoms with Crippen LogP contribution in [0.4, 0.5) is 4.79 Å². The second-order valence-corrected chi connectivity index (χ2v) is 6.84. The van der Waals surface area contributed by atoms with E-state index in [0.29, 0.717) is 38.3 Å². The minimum absolute atomic E-state index is 0.0101. The Morgan fingerprint density at radius 2 is 1.86 bits per heavy atom. The van der Waals surface area contributed by atoms with Crippen molar-refractivity contribution in [3.05, 3.63) is 31.8 Å². The molecular weight excluding hydrogens is 449 g/mol. The quantitative estimate of drug-likeness (QED) is 0.682. The lowest BCUT2D eigenvalue weighted by Gasteiger charge is -2.34. The molecule has 0 bridgehead atoms. The molecule has 21 heavy (non-hydrogen) atoms. The van der Waals surface area contributed by atoms with E-state index < -0.39 is 0 Å². The molecule has 0 unspecified atom stereocenters. The average molecular weight is 466 g/mol. The molecule has 1 aliphatic heterocycles. The zero-order chi connectivity index (χ0) is 15.4. The van der Waals surface area contributed by atoms with Gasteiger partial charge in [0, 0.05) is 40.8 Å². The summed E-state index contributed by atoms with van der Waals surface area (Å²) in [5.74, 6) is 0.0101. The molecule has 1 aliphatic rings. The normalized spacial score (nSPS) is 15.0. The van der Waals surface area contributed by atoms with Crippen LogP contribution in [0.15, 0.2) is 22.7 Å². The first kappa shape index (κ1) is 16.5. The minimum Gasteiger partial charge on any atom is -0.338 e. The molecule has 0 spiro atoms. The molecule has 5 nitrogen and oxygen atoms in total. The predicted octanol–water partition coefficient (Wildman–Crippen LogP) is 2.54. The number of carbonyl (C=O) groups excluding carboxylic acids is 2. The molecule has 0 atom stereocenters. The predicted molar refractivity (Wildman–Crippen MR) is 93.4 cm³/mol. The second-order valence-electron chi connectivity index (χ2n) is 4.74. The molecule has 1 aromatic rings. The SMILES string of the molecule is CCNC(=O)N1CCN(C(=O)c2cc(I)ccc2Br)CC1. The summed E-state index contributed by atoms with van der Waals surface area (Å²) in [6.45, 7) is 4.78. The Balaban J connectivity index is 2.00. The van der Waals surface area contributed by atoms with Gasteiger partial charge >= 0.3 is 6.03 Å². The number of halogens is 2. The van der Waals surface area contributed by atoms with Crippen LogP contribution in [-0.4, -0.2) is 54.5 Å². The van der Waals surface area contributed by atoms with Gasteiger partial charge < -0.3 is 15.1 Å². The fourth-order valence-corrected chi connectivity index (χ4v) is 3.11. The van der Waals surface area contributed by atoms with Crippen molar-refractivity contribution in [1.82, 2.24) is 15.1 Å². The number of nitrogens with zero attached hydrogens (tertiary/aromatic N) is 2. The van der Waals surface area contributed by atoms with Crippen molar-refractivity contribution in [2.75, 3.05) is 32.7 Å². The highest BCUT2D eigenvalue weighted by atomic mass is 127. The Morgan fingerprint density at radius 3 is 2.48 bits per heavy atom. The first-order chi connectivity index (χ1) is 10.0. The van der Waals surface area contributed by atoms with E-state index in [2.05, 4.69) is 43.8 Å². The van der Waals surface area contributed by atoms with Gasteiger partial charge in [-0.15, -0.1) is 0 Å². The third-order valence-corrected chi connectivity index (χ3v) is 4.70. The molecule has 0 saturated carbocycles. The second kappa shape index (κ2) is 7.44. The number of urea groups is 1. The Hall–Kier alpha value is -0.830. The Bertz CT molecular complexity index is 545. The standard InChI is InChI=1S/C14H17BrIN3O2/c1-2-17-14(21)19-7-5-18(6-8-19)13(20)11-9-10(16)3-4-12(11)15/h3-4,9H,2,5-8H2,1H3,(H,17,21). The van der Waals surface area contributed by atoms with Crippen molar-refractivity contribution in [2.45, 2.75) is 6.92 Å². The van der Waals surface area contributed by atoms with E-state index >= 15 is 0 Å². The molecule has 1 heterocycles. The van der Waals surface area contributed by atoms with Gasteiger partial charge in [0.05, 0.1) is 5.56 Å². The molecule has 1 fully saturated rings. The van der Waals surface area contributed by atoms with Crippen molar-refractivity contribution in [3.63, 3.8) is 0 Å². The van der Waals surface area contributed by atoms with Crippen molar-refractivity contribution in [2.24, 2.45) is 0 Å². The number of amides is 3. The number of carbonyl (C=O) groups is 2. The van der Waals surface area contributed by atoms with E-state index in [1.807, 2.05) is 25.1 Å². The Labute approximate surface area is 146 Å². The summed E-state index contributed by atoms with van der Waals surface area (Å²) in [7, 11) is 0. The maximum Gasteiger partial charge on any atom is 0.317 e. The molecular formula is C14H17BrIN3O2. The van der Waals surface area contributed by atoms with Gasteiger partial charge in [0.1, 0.15) is 0 Å². The molecule has 7 heteroatoms. The smallest absolute Gasteiger partial charge is 0.317 e. The van der Waals surface area contributed by atoms with E-state index in [-0.39, 0.29) is 11.9 Å². The van der Waals surface area contributed by atoms with Crippen molar-refractivity contribution >= 4 is 50.5 Å². The van der Waals surface area contributed by atoms with Crippen molar-refractivity contribution < 1.29 is 9.59 Å². The topological polar surface area (TPSA) is 52.7 Å². The summed E-state index contributed by atoms with van der Waals surface area (Å²) in [4.78, 5) is 27.8. The first-order valence-electron chi connectivity index (χ1n) is 6.80. The highest BCUT2D eigenvalue weighted by molar-refractivity contribution is 14.1. The van der Waals surface area contributed by atoms with E-state index in [4.69, 9.17) is 0 Å². The van der Waals surface area contributed by atoms with Gasteiger partial charge in [-0.2, -0.15) is 0 Å². The van der Waals surface area contributed by atoms with Crippen LogP contribution in [0.3, 0.4) is 0 Å². The van der Waals surface area contributed by atoms with Crippen molar-refractivity contribution in [1.29, 1.82) is 0 Å². The van der Waals surface area contributed by atoms with Gasteiger partial charge in [-0.25, -0.2) is 4.79 Å². The van der Waals surface area contributed by atoms with Gasteiger partial charge in [0.2, 0.25) is 0 Å². The maximum absolute atomic E-state index is 12.5. The summed E-state index contributed by atoms with van der Waals surface area (Å²) in [6, 6.07) is 5.66. The summed E-state index contributed by atoms with van der Waals surface area (Å²) in [6.07, 6.45) is 0. The van der Waals surface area contributed by atoms with Crippen molar-refractivity contribution in [3.8, 4) is 0 Å². The maximum atomic E-state index is 12.5. The van der Waals surface area contributed by atoms with E-state index in [1.54, 1.807) is 9.80 Å². The van der Waals surface area contributed by atoms with Gasteiger partial charge in [0.25, 0.3) is 5.91 Å². The number of nitrogens with one attached hydrogen (secondary N) is 1. The van der Waals surface area contributed by atoms with Crippen LogP contribution in [0.5, 0.6) is 0 Å². The summed E-state index contributed by atoms with van der Waals surface area (Å²) >= 11 is 5.62. The Morgan fingerprint density at radius 1 is 1.24 bits per heavy atom. The first-order valence-corrected chi connectivity index (χ1v) is 8.67. The van der Waals surface area contributed by atoms with Crippen LogP contribution in [0.2, 0.25) is 0 Å². The van der Waals surface area contributed by atoms with Gasteiger partial charge in [-0.05, 0) is 63.6 Å². The lowest BCUT2D eigenvalue weighted by molar-refractivity contribution is 0.0664. The fraction of sp³-hybridized carbons (Fsp3) is 0.429. The van der Waals surface area contributed by atoms with Gasteiger partial charge in [-0.3, -0.25) is 4.79 Å². The average Bonchev–Trinajstić information content (AvgIpc) is 2.49. The molecule has 2 rings (SSSR count). The van der Waals surface area contributed by atoms with Gasteiger partial charge in [-0.1, -0.05) is 0 Å². The number of rotatable bonds is 2. The summed E-state index contributed by atoms with van der Waals surface area (Å²) in [5.41, 5.74) is 0.674. The molecule has 3 amide bonds. The van der Waals surface area contributed by atoms with Crippen LogP contribution in [0.1, 0.15) is 17.3 Å². The molecule has 0 aromatic heterocycles. The van der Waals surface area contributed by atoms with Crippen LogP contribution >= 0.6 is 38.5 Å². The van der Waals surface area contributed by atoms with E-state index in [0.717, 1.165) is 8.04 Å². The lowest BCUT2D eigenvalue weighted by Crippen LogP contribution is -2.53. The molecule has 0 radical (unpaired) electrons. The van der Waals surface area contributed by atoms with E-state index in [9.17, 15) is 9.59 Å². The van der Waals surface area contributed by atoms with Crippen LogP contribution in [-0.2, 0) is 0 Å². The molecule has 1 saturated heterocycles. The lowest BCUT2D eigenvalue weighted by atomic mass is 10.2. The monoisotopic (exact) mass is 465 g/mol. The fourth-order valence-electron chi connectivity index (χ4n) is 2.21. The number of hydrogen-bond donors (Lipinski definition) is 1. The minimum atomic E-state index is -0.0555. The third kappa shape index (κ3) is 4.09. The molecule has 1 N–H and O–H groups in total. The molecule has 114 valence electrons. The molecule has 0 aliphatic carbocycles. The highest BCUT2D eigenvalue weighted by Crippen LogP contribution is 2.21. The van der Waals surface area contributed by atoms with Crippen LogP contribution in [0.25, 0.3) is 0 Å². The summed E-state index contributed by atoms with van der Waals surface area (Å²) in [5, 5.41) is 2.78. The van der Waals surface area contributed by atoms with E-state index in [1.165, 1.54) is 0 Å². The number of benzene rings is 1.